The topological polar surface area (TPSA) is 26.3 Å². The fourth-order valence-corrected chi connectivity index (χ4v) is 3.39. The third-order valence-electron chi connectivity index (χ3n) is 3.65. The molecule has 2 aromatic rings. The summed E-state index contributed by atoms with van der Waals surface area (Å²) in [5, 5.41) is 0. The fraction of sp³-hybridized carbons (Fsp3) is 0.278. The summed E-state index contributed by atoms with van der Waals surface area (Å²) in [6.07, 6.45) is 1.34. The van der Waals surface area contributed by atoms with Gasteiger partial charge in [0.15, 0.2) is 0 Å². The summed E-state index contributed by atoms with van der Waals surface area (Å²) in [4.78, 5) is 13.3. The number of Topliss-reactive ketones (excluding diaryl/α,β-unsaturated/α-hetero) is 1. The van der Waals surface area contributed by atoms with Crippen molar-refractivity contribution >= 4 is 17.5 Å². The summed E-state index contributed by atoms with van der Waals surface area (Å²) < 4.78 is 5.80. The lowest BCUT2D eigenvalue weighted by atomic mass is 9.95. The van der Waals surface area contributed by atoms with E-state index in [9.17, 15) is 4.79 Å². The molecule has 2 nitrogen and oxygen atoms in total. The number of ketones is 1. The molecule has 0 fully saturated rings. The highest BCUT2D eigenvalue weighted by Gasteiger charge is 2.22. The maximum absolute atomic E-state index is 12.2. The molecule has 0 bridgehead atoms. The highest BCUT2D eigenvalue weighted by molar-refractivity contribution is 8.00. The van der Waals surface area contributed by atoms with E-state index in [1.54, 1.807) is 11.8 Å². The zero-order valence-corrected chi connectivity index (χ0v) is 12.6. The lowest BCUT2D eigenvalue weighted by Gasteiger charge is -2.25. The van der Waals surface area contributed by atoms with Crippen molar-refractivity contribution < 1.29 is 9.53 Å². The van der Waals surface area contributed by atoms with Gasteiger partial charge in [-0.25, -0.2) is 0 Å². The van der Waals surface area contributed by atoms with Crippen LogP contribution in [0.25, 0.3) is 0 Å². The standard InChI is InChI=1S/C18H18O2S/c19-15(13-21-16-7-2-1-3-8-16)12-18-17-9-5-4-6-14(17)10-11-20-18/h1-9,18H,10-13H2. The highest BCUT2D eigenvalue weighted by atomic mass is 32.2. The molecule has 1 atom stereocenters. The first-order valence-electron chi connectivity index (χ1n) is 7.22. The number of benzene rings is 2. The predicted molar refractivity (Wildman–Crippen MR) is 85.6 cm³/mol. The minimum atomic E-state index is -0.0705. The molecule has 0 saturated heterocycles. The van der Waals surface area contributed by atoms with E-state index in [-0.39, 0.29) is 11.9 Å². The fourth-order valence-electron chi connectivity index (χ4n) is 2.59. The van der Waals surface area contributed by atoms with Crippen LogP contribution in [0.5, 0.6) is 0 Å². The van der Waals surface area contributed by atoms with Gasteiger partial charge in [0.05, 0.1) is 18.5 Å². The van der Waals surface area contributed by atoms with Gasteiger partial charge < -0.3 is 4.74 Å². The van der Waals surface area contributed by atoms with E-state index < -0.39 is 0 Å². The molecular formula is C18H18O2S. The minimum Gasteiger partial charge on any atom is -0.373 e. The Morgan fingerprint density at radius 1 is 1.10 bits per heavy atom. The average Bonchev–Trinajstić information content (AvgIpc) is 2.54. The molecule has 0 aliphatic carbocycles. The number of carbonyl (C=O) groups excluding carboxylic acids is 1. The number of carbonyl (C=O) groups is 1. The largest absolute Gasteiger partial charge is 0.373 e. The smallest absolute Gasteiger partial charge is 0.146 e. The Balaban J connectivity index is 1.58. The van der Waals surface area contributed by atoms with Gasteiger partial charge in [-0.2, -0.15) is 0 Å². The van der Waals surface area contributed by atoms with Crippen LogP contribution in [0.1, 0.15) is 23.7 Å². The Hall–Kier alpha value is -1.58. The first kappa shape index (κ1) is 14.4. The van der Waals surface area contributed by atoms with Gasteiger partial charge in [-0.05, 0) is 29.7 Å². The predicted octanol–water partition coefficient (Wildman–Crippen LogP) is 4.05. The third kappa shape index (κ3) is 3.74. The summed E-state index contributed by atoms with van der Waals surface area (Å²) in [5.41, 5.74) is 2.50. The Kier molecular flexibility index (Phi) is 4.73. The van der Waals surface area contributed by atoms with E-state index in [4.69, 9.17) is 4.74 Å². The molecule has 21 heavy (non-hydrogen) atoms. The van der Waals surface area contributed by atoms with Crippen LogP contribution in [-0.2, 0) is 16.0 Å². The van der Waals surface area contributed by atoms with E-state index in [1.165, 1.54) is 11.1 Å². The maximum Gasteiger partial charge on any atom is 0.146 e. The molecule has 2 aromatic carbocycles. The van der Waals surface area contributed by atoms with Gasteiger partial charge in [0.1, 0.15) is 5.78 Å². The molecule has 0 radical (unpaired) electrons. The molecular weight excluding hydrogens is 280 g/mol. The van der Waals surface area contributed by atoms with Crippen molar-refractivity contribution in [3.05, 3.63) is 65.7 Å². The van der Waals surface area contributed by atoms with Gasteiger partial charge in [0.2, 0.25) is 0 Å². The Bertz CT molecular complexity index is 610. The van der Waals surface area contributed by atoms with E-state index in [0.717, 1.165) is 11.3 Å². The van der Waals surface area contributed by atoms with Crippen molar-refractivity contribution in [2.24, 2.45) is 0 Å². The number of hydrogen-bond donors (Lipinski definition) is 0. The zero-order chi connectivity index (χ0) is 14.5. The molecule has 0 aromatic heterocycles. The molecule has 0 N–H and O–H groups in total. The van der Waals surface area contributed by atoms with Crippen LogP contribution in [0.15, 0.2) is 59.5 Å². The van der Waals surface area contributed by atoms with Crippen molar-refractivity contribution in [1.29, 1.82) is 0 Å². The molecule has 1 heterocycles. The molecule has 1 unspecified atom stereocenters. The summed E-state index contributed by atoms with van der Waals surface area (Å²) >= 11 is 1.59. The van der Waals surface area contributed by atoms with Crippen molar-refractivity contribution in [2.75, 3.05) is 12.4 Å². The van der Waals surface area contributed by atoms with Crippen molar-refractivity contribution in [3.63, 3.8) is 0 Å². The van der Waals surface area contributed by atoms with Crippen LogP contribution >= 0.6 is 11.8 Å². The summed E-state index contributed by atoms with van der Waals surface area (Å²) in [6.45, 7) is 0.709. The SMILES string of the molecule is O=C(CSc1ccccc1)CC1OCCc2ccccc21. The quantitative estimate of drug-likeness (QED) is 0.779. The summed E-state index contributed by atoms with van der Waals surface area (Å²) in [6, 6.07) is 18.3. The van der Waals surface area contributed by atoms with Crippen LogP contribution in [-0.4, -0.2) is 18.1 Å². The molecule has 3 heteroatoms. The number of ether oxygens (including phenoxy) is 1. The molecule has 3 rings (SSSR count). The van der Waals surface area contributed by atoms with Crippen LogP contribution < -0.4 is 0 Å². The Morgan fingerprint density at radius 3 is 2.71 bits per heavy atom. The van der Waals surface area contributed by atoms with E-state index in [0.29, 0.717) is 18.8 Å². The number of thioether (sulfide) groups is 1. The van der Waals surface area contributed by atoms with Gasteiger partial charge in [-0.1, -0.05) is 42.5 Å². The first-order chi connectivity index (χ1) is 10.3. The average molecular weight is 298 g/mol. The van der Waals surface area contributed by atoms with Gasteiger partial charge in [0.25, 0.3) is 0 Å². The number of hydrogen-bond acceptors (Lipinski definition) is 3. The van der Waals surface area contributed by atoms with Crippen molar-refractivity contribution in [2.45, 2.75) is 23.8 Å². The maximum atomic E-state index is 12.2. The van der Waals surface area contributed by atoms with Gasteiger partial charge in [0, 0.05) is 11.3 Å². The molecule has 108 valence electrons. The molecule has 1 aliphatic rings. The molecule has 0 saturated carbocycles. The van der Waals surface area contributed by atoms with Gasteiger partial charge in [-0.3, -0.25) is 4.79 Å². The van der Waals surface area contributed by atoms with Crippen LogP contribution in [0.4, 0.5) is 0 Å². The van der Waals surface area contributed by atoms with E-state index in [1.807, 2.05) is 42.5 Å². The van der Waals surface area contributed by atoms with Crippen LogP contribution in [0.2, 0.25) is 0 Å². The Morgan fingerprint density at radius 2 is 1.86 bits per heavy atom. The molecule has 1 aliphatic heterocycles. The lowest BCUT2D eigenvalue weighted by Crippen LogP contribution is -2.19. The second-order valence-corrected chi connectivity index (χ2v) is 6.20. The van der Waals surface area contributed by atoms with Crippen molar-refractivity contribution in [3.8, 4) is 0 Å². The third-order valence-corrected chi connectivity index (χ3v) is 4.72. The van der Waals surface area contributed by atoms with E-state index >= 15 is 0 Å². The second kappa shape index (κ2) is 6.92. The minimum absolute atomic E-state index is 0.0705. The van der Waals surface area contributed by atoms with E-state index in [2.05, 4.69) is 12.1 Å². The highest BCUT2D eigenvalue weighted by Crippen LogP contribution is 2.30. The molecule has 0 spiro atoms. The molecule has 0 amide bonds. The van der Waals surface area contributed by atoms with Crippen LogP contribution in [0, 0.1) is 0 Å². The lowest BCUT2D eigenvalue weighted by molar-refractivity contribution is -0.119. The summed E-state index contributed by atoms with van der Waals surface area (Å²) in [7, 11) is 0. The Labute approximate surface area is 129 Å². The normalized spacial score (nSPS) is 17.2. The van der Waals surface area contributed by atoms with Gasteiger partial charge >= 0.3 is 0 Å². The number of fused-ring (bicyclic) bond motifs is 1. The summed E-state index contributed by atoms with van der Waals surface area (Å²) in [5.74, 6) is 0.747. The first-order valence-corrected chi connectivity index (χ1v) is 8.20. The van der Waals surface area contributed by atoms with Gasteiger partial charge in [-0.15, -0.1) is 11.8 Å². The zero-order valence-electron chi connectivity index (χ0n) is 11.8. The van der Waals surface area contributed by atoms with Crippen LogP contribution in [0.3, 0.4) is 0 Å². The number of rotatable bonds is 5. The van der Waals surface area contributed by atoms with Crippen molar-refractivity contribution in [1.82, 2.24) is 0 Å². The second-order valence-electron chi connectivity index (χ2n) is 5.15. The monoisotopic (exact) mass is 298 g/mol.